The standard InChI is InChI=1S/C40H52ClN2O4/c1-24-20-29(40(8,46-11)47-12)22-31-36(24)42-33(38(31,4)5)18-16-27-14-13-15-28(35(27)41)17-19-34-39(6,7)32-23-30(45-10)21-25(2)37(32)43(34)26(3)44-9/h16-17,19-23,26H,13-15,18H2,1-12H3/q+1. The van der Waals surface area contributed by atoms with Crippen molar-refractivity contribution in [3.8, 4) is 5.75 Å². The van der Waals surface area contributed by atoms with Crippen molar-refractivity contribution < 1.29 is 23.5 Å². The number of halogens is 1. The SMILES string of the molecule is COc1cc(C)c2c(c1)C(C)(C)C(C=CC1=C(Cl)C(=CCC3=Nc4c(C)cc(C(C)(OC)OC)cc4C3(C)C)CCC1)=[N+]2C(C)OC. The summed E-state index contributed by atoms with van der Waals surface area (Å²) >= 11 is 7.19. The Morgan fingerprint density at radius 1 is 0.936 bits per heavy atom. The van der Waals surface area contributed by atoms with E-state index in [0.29, 0.717) is 0 Å². The highest BCUT2D eigenvalue weighted by Crippen LogP contribution is 2.47. The zero-order valence-corrected chi connectivity index (χ0v) is 31.1. The third-order valence-corrected chi connectivity index (χ3v) is 11.2. The lowest BCUT2D eigenvalue weighted by Crippen LogP contribution is -2.31. The minimum atomic E-state index is -0.815. The van der Waals surface area contributed by atoms with Crippen molar-refractivity contribution in [2.24, 2.45) is 4.99 Å². The lowest BCUT2D eigenvalue weighted by atomic mass is 9.78. The quantitative estimate of drug-likeness (QED) is 0.188. The molecule has 0 aromatic heterocycles. The van der Waals surface area contributed by atoms with Crippen LogP contribution in [0.4, 0.5) is 11.4 Å². The van der Waals surface area contributed by atoms with Crippen molar-refractivity contribution in [2.75, 3.05) is 28.4 Å². The molecule has 252 valence electrons. The molecule has 1 unspecified atom stereocenters. The van der Waals surface area contributed by atoms with Gasteiger partial charge in [-0.2, -0.15) is 4.58 Å². The van der Waals surface area contributed by atoms with E-state index in [1.807, 2.05) is 6.92 Å². The summed E-state index contributed by atoms with van der Waals surface area (Å²) in [6, 6.07) is 8.58. The van der Waals surface area contributed by atoms with Gasteiger partial charge in [0.2, 0.25) is 5.69 Å². The molecule has 2 aromatic carbocycles. The molecule has 0 fully saturated rings. The zero-order chi connectivity index (χ0) is 34.5. The molecule has 47 heavy (non-hydrogen) atoms. The Balaban J connectivity index is 1.46. The summed E-state index contributed by atoms with van der Waals surface area (Å²) in [7, 11) is 6.84. The number of aliphatic imine (C=N–C) groups is 1. The molecule has 0 saturated heterocycles. The maximum absolute atomic E-state index is 7.19. The van der Waals surface area contributed by atoms with Gasteiger partial charge in [0.25, 0.3) is 6.23 Å². The fraction of sp³-hybridized carbons (Fsp3) is 0.500. The monoisotopic (exact) mass is 659 g/mol. The van der Waals surface area contributed by atoms with Gasteiger partial charge in [-0.25, -0.2) is 0 Å². The van der Waals surface area contributed by atoms with Crippen LogP contribution in [0, 0.1) is 13.8 Å². The number of hydrogen-bond donors (Lipinski definition) is 0. The summed E-state index contributed by atoms with van der Waals surface area (Å²) in [5.74, 6) is 0.0545. The zero-order valence-electron chi connectivity index (χ0n) is 30.4. The summed E-state index contributed by atoms with van der Waals surface area (Å²) in [5.41, 5.74) is 12.2. The molecule has 0 N–H and O–H groups in total. The van der Waals surface area contributed by atoms with Gasteiger partial charge in [0.15, 0.2) is 11.5 Å². The Morgan fingerprint density at radius 3 is 2.28 bits per heavy atom. The summed E-state index contributed by atoms with van der Waals surface area (Å²) in [6.45, 7) is 17.4. The van der Waals surface area contributed by atoms with Gasteiger partial charge in [-0.15, -0.1) is 0 Å². The smallest absolute Gasteiger partial charge is 0.260 e. The highest BCUT2D eigenvalue weighted by Gasteiger charge is 2.47. The van der Waals surface area contributed by atoms with E-state index in [4.69, 9.17) is 35.5 Å². The van der Waals surface area contributed by atoms with Crippen molar-refractivity contribution in [1.29, 1.82) is 0 Å². The molecule has 0 saturated carbocycles. The number of allylic oxidation sites excluding steroid dienone is 6. The Hall–Kier alpha value is -3.03. The predicted octanol–water partition coefficient (Wildman–Crippen LogP) is 9.76. The number of ether oxygens (including phenoxy) is 4. The lowest BCUT2D eigenvalue weighted by molar-refractivity contribution is -0.533. The van der Waals surface area contributed by atoms with Crippen LogP contribution < -0.4 is 4.74 Å². The molecular weight excluding hydrogens is 608 g/mol. The van der Waals surface area contributed by atoms with Gasteiger partial charge in [0, 0.05) is 73.6 Å². The molecule has 6 nitrogen and oxygen atoms in total. The van der Waals surface area contributed by atoms with E-state index in [1.165, 1.54) is 28.1 Å². The van der Waals surface area contributed by atoms with E-state index in [2.05, 4.69) is 95.5 Å². The second kappa shape index (κ2) is 13.1. The second-order valence-electron chi connectivity index (χ2n) is 14.2. The van der Waals surface area contributed by atoms with E-state index in [9.17, 15) is 0 Å². The van der Waals surface area contributed by atoms with Crippen LogP contribution in [0.3, 0.4) is 0 Å². The van der Waals surface area contributed by atoms with Crippen molar-refractivity contribution in [3.63, 3.8) is 0 Å². The van der Waals surface area contributed by atoms with Gasteiger partial charge >= 0.3 is 0 Å². The summed E-state index contributed by atoms with van der Waals surface area (Å²) < 4.78 is 25.3. The van der Waals surface area contributed by atoms with Crippen LogP contribution in [-0.2, 0) is 30.8 Å². The fourth-order valence-electron chi connectivity index (χ4n) is 7.35. The van der Waals surface area contributed by atoms with Crippen molar-refractivity contribution >= 4 is 34.4 Å². The Morgan fingerprint density at radius 2 is 1.64 bits per heavy atom. The molecule has 2 aromatic rings. The second-order valence-corrected chi connectivity index (χ2v) is 14.6. The molecule has 3 aliphatic rings. The largest absolute Gasteiger partial charge is 0.497 e. The third-order valence-electron chi connectivity index (χ3n) is 10.7. The number of rotatable bonds is 10. The van der Waals surface area contributed by atoms with E-state index >= 15 is 0 Å². The molecule has 1 aliphatic carbocycles. The molecular formula is C40H52ClN2O4+. The first-order chi connectivity index (χ1) is 22.1. The molecule has 5 rings (SSSR count). The molecule has 0 amide bonds. The van der Waals surface area contributed by atoms with Gasteiger partial charge in [0.1, 0.15) is 5.75 Å². The minimum absolute atomic E-state index is 0.134. The topological polar surface area (TPSA) is 52.3 Å². The molecule has 1 atom stereocenters. The number of benzene rings is 2. The molecule has 0 bridgehead atoms. The summed E-state index contributed by atoms with van der Waals surface area (Å²) in [5, 5.41) is 0.856. The van der Waals surface area contributed by atoms with Gasteiger partial charge in [-0.1, -0.05) is 37.6 Å². The van der Waals surface area contributed by atoms with Crippen molar-refractivity contribution in [2.45, 2.75) is 104 Å². The molecule has 0 radical (unpaired) electrons. The van der Waals surface area contributed by atoms with Crippen molar-refractivity contribution in [1.82, 2.24) is 0 Å². The maximum atomic E-state index is 7.19. The van der Waals surface area contributed by atoms with Gasteiger partial charge in [-0.05, 0) is 100 Å². The summed E-state index contributed by atoms with van der Waals surface area (Å²) in [4.78, 5) is 5.17. The van der Waals surface area contributed by atoms with Crippen molar-refractivity contribution in [3.05, 3.63) is 86.5 Å². The Labute approximate surface area is 286 Å². The number of hydrogen-bond acceptors (Lipinski definition) is 5. The van der Waals surface area contributed by atoms with Crippen LogP contribution in [0.1, 0.15) is 95.0 Å². The van der Waals surface area contributed by atoms with E-state index in [1.54, 1.807) is 28.4 Å². The molecule has 2 aliphatic heterocycles. The molecule has 2 heterocycles. The minimum Gasteiger partial charge on any atom is -0.497 e. The summed E-state index contributed by atoms with van der Waals surface area (Å²) in [6.07, 6.45) is 10.3. The number of nitrogens with zero attached hydrogens (tertiary/aromatic N) is 2. The third kappa shape index (κ3) is 6.07. The normalized spacial score (nSPS) is 20.3. The molecule has 0 spiro atoms. The fourth-order valence-corrected chi connectivity index (χ4v) is 7.68. The Bertz CT molecular complexity index is 1740. The molecule has 7 heteroatoms. The number of aryl methyl sites for hydroxylation is 2. The van der Waals surface area contributed by atoms with Crippen LogP contribution in [0.25, 0.3) is 0 Å². The highest BCUT2D eigenvalue weighted by molar-refractivity contribution is 6.32. The average molecular weight is 660 g/mol. The number of methoxy groups -OCH3 is 4. The first kappa shape index (κ1) is 35.3. The van der Waals surface area contributed by atoms with Crippen LogP contribution in [0.15, 0.2) is 63.7 Å². The van der Waals surface area contributed by atoms with Crippen LogP contribution in [0.2, 0.25) is 0 Å². The van der Waals surface area contributed by atoms with Crippen LogP contribution >= 0.6 is 11.6 Å². The maximum Gasteiger partial charge on any atom is 0.260 e. The van der Waals surface area contributed by atoms with E-state index < -0.39 is 5.79 Å². The van der Waals surface area contributed by atoms with Crippen LogP contribution in [0.5, 0.6) is 5.75 Å². The lowest BCUT2D eigenvalue weighted by Gasteiger charge is -2.29. The Kier molecular flexibility index (Phi) is 9.84. The van der Waals surface area contributed by atoms with Gasteiger partial charge in [0.05, 0.1) is 18.2 Å². The van der Waals surface area contributed by atoms with Crippen LogP contribution in [-0.4, -0.2) is 50.7 Å². The predicted molar refractivity (Wildman–Crippen MR) is 193 cm³/mol. The highest BCUT2D eigenvalue weighted by atomic mass is 35.5. The first-order valence-electron chi connectivity index (χ1n) is 16.6. The number of fused-ring (bicyclic) bond motifs is 2. The average Bonchev–Trinajstić information content (AvgIpc) is 3.44. The van der Waals surface area contributed by atoms with E-state index in [-0.39, 0.29) is 17.1 Å². The first-order valence-corrected chi connectivity index (χ1v) is 17.0. The van der Waals surface area contributed by atoms with Gasteiger partial charge < -0.3 is 18.9 Å². The van der Waals surface area contributed by atoms with Gasteiger partial charge in [-0.3, -0.25) is 4.99 Å². The van der Waals surface area contributed by atoms with E-state index in [0.717, 1.165) is 70.1 Å².